The lowest BCUT2D eigenvalue weighted by atomic mass is 10.1. The Morgan fingerprint density at radius 2 is 1.24 bits per heavy atom. The molecule has 33 heavy (non-hydrogen) atoms. The number of nitrogens with one attached hydrogen (secondary N) is 3. The first-order valence-corrected chi connectivity index (χ1v) is 11.9. The molecule has 3 amide bonds. The third-order valence-electron chi connectivity index (χ3n) is 4.89. The zero-order valence-electron chi connectivity index (χ0n) is 19.8. The molecule has 0 saturated heterocycles. The maximum Gasteiger partial charge on any atom is 0.407 e. The summed E-state index contributed by atoms with van der Waals surface area (Å²) >= 11 is 0. The van der Waals surface area contributed by atoms with Gasteiger partial charge in [0.15, 0.2) is 0 Å². The third kappa shape index (κ3) is 20.2. The molecule has 0 aromatic heterocycles. The van der Waals surface area contributed by atoms with Gasteiger partial charge >= 0.3 is 12.2 Å². The van der Waals surface area contributed by atoms with Gasteiger partial charge in [0.25, 0.3) is 0 Å². The Hall–Kier alpha value is -2.15. The summed E-state index contributed by atoms with van der Waals surface area (Å²) in [7, 11) is 0. The van der Waals surface area contributed by atoms with Gasteiger partial charge in [-0.25, -0.2) is 9.59 Å². The molecule has 0 aromatic rings. The van der Waals surface area contributed by atoms with Crippen molar-refractivity contribution in [3.05, 3.63) is 0 Å². The molecule has 0 saturated carbocycles. The van der Waals surface area contributed by atoms with E-state index < -0.39 is 18.2 Å². The molecule has 12 heteroatoms. The first-order valence-electron chi connectivity index (χ1n) is 11.9. The van der Waals surface area contributed by atoms with Crippen LogP contribution in [0.3, 0.4) is 0 Å². The van der Waals surface area contributed by atoms with Crippen molar-refractivity contribution in [3.63, 3.8) is 0 Å². The number of ether oxygens (including phenoxy) is 2. The van der Waals surface area contributed by atoms with Crippen molar-refractivity contribution in [2.75, 3.05) is 45.9 Å². The van der Waals surface area contributed by atoms with Crippen LogP contribution in [-0.2, 0) is 14.3 Å². The van der Waals surface area contributed by atoms with Crippen molar-refractivity contribution < 1.29 is 23.9 Å². The van der Waals surface area contributed by atoms with E-state index in [4.69, 9.17) is 32.4 Å². The maximum absolute atomic E-state index is 12.3. The average Bonchev–Trinajstić information content (AvgIpc) is 2.78. The fourth-order valence-electron chi connectivity index (χ4n) is 3.08. The molecule has 0 fully saturated rings. The summed E-state index contributed by atoms with van der Waals surface area (Å²) in [6.07, 6.45) is 5.72. The average molecular weight is 476 g/mol. The third-order valence-corrected chi connectivity index (χ3v) is 4.89. The van der Waals surface area contributed by atoms with E-state index in [9.17, 15) is 14.4 Å². The predicted molar refractivity (Wildman–Crippen MR) is 127 cm³/mol. The molecule has 2 atom stereocenters. The molecular weight excluding hydrogens is 430 g/mol. The second-order valence-electron chi connectivity index (χ2n) is 7.93. The van der Waals surface area contributed by atoms with Crippen LogP contribution in [0.25, 0.3) is 0 Å². The molecule has 11 N–H and O–H groups in total. The molecule has 0 aromatic carbocycles. The Morgan fingerprint density at radius 3 is 1.82 bits per heavy atom. The van der Waals surface area contributed by atoms with Gasteiger partial charge in [-0.3, -0.25) is 4.79 Å². The van der Waals surface area contributed by atoms with E-state index >= 15 is 0 Å². The van der Waals surface area contributed by atoms with Gasteiger partial charge in [0.2, 0.25) is 5.91 Å². The normalized spacial score (nSPS) is 12.6. The van der Waals surface area contributed by atoms with Crippen molar-refractivity contribution in [1.82, 2.24) is 16.0 Å². The summed E-state index contributed by atoms with van der Waals surface area (Å²) in [6.45, 7) is 2.65. The summed E-state index contributed by atoms with van der Waals surface area (Å²) in [5, 5.41) is 8.68. The highest BCUT2D eigenvalue weighted by Gasteiger charge is 2.18. The number of unbranched alkanes of at least 4 members (excludes halogenated alkanes) is 4. The number of carbonyl (C=O) groups excluding carboxylic acids is 3. The summed E-state index contributed by atoms with van der Waals surface area (Å²) in [5.74, 6) is -0.162. The van der Waals surface area contributed by atoms with Gasteiger partial charge in [-0.1, -0.05) is 19.3 Å². The van der Waals surface area contributed by atoms with E-state index in [0.29, 0.717) is 32.5 Å². The first kappa shape index (κ1) is 30.9. The molecule has 0 spiro atoms. The Balaban J connectivity index is 4.51. The highest BCUT2D eigenvalue weighted by molar-refractivity contribution is 5.78. The van der Waals surface area contributed by atoms with Gasteiger partial charge in [0.05, 0.1) is 18.6 Å². The van der Waals surface area contributed by atoms with E-state index in [1.807, 2.05) is 0 Å². The lowest BCUT2D eigenvalue weighted by Crippen LogP contribution is -2.45. The van der Waals surface area contributed by atoms with Crippen LogP contribution in [-0.4, -0.2) is 76.1 Å². The molecule has 0 unspecified atom stereocenters. The summed E-state index contributed by atoms with van der Waals surface area (Å²) < 4.78 is 10.1. The Morgan fingerprint density at radius 1 is 0.697 bits per heavy atom. The number of hydrogen-bond acceptors (Lipinski definition) is 9. The predicted octanol–water partition coefficient (Wildman–Crippen LogP) is -0.362. The number of rotatable bonds is 21. The quantitative estimate of drug-likeness (QED) is 0.108. The molecule has 12 nitrogen and oxygen atoms in total. The van der Waals surface area contributed by atoms with Gasteiger partial charge < -0.3 is 48.4 Å². The van der Waals surface area contributed by atoms with E-state index in [0.717, 1.165) is 51.5 Å². The van der Waals surface area contributed by atoms with Crippen LogP contribution in [0.4, 0.5) is 9.59 Å². The van der Waals surface area contributed by atoms with Crippen molar-refractivity contribution in [3.8, 4) is 0 Å². The summed E-state index contributed by atoms with van der Waals surface area (Å²) in [4.78, 5) is 35.4. The number of hydrogen-bond donors (Lipinski definition) is 7. The zero-order valence-corrected chi connectivity index (χ0v) is 19.8. The van der Waals surface area contributed by atoms with Crippen LogP contribution in [0, 0.1) is 0 Å². The van der Waals surface area contributed by atoms with E-state index in [1.165, 1.54) is 0 Å². The number of carbonyl (C=O) groups is 3. The van der Waals surface area contributed by atoms with Crippen LogP contribution >= 0.6 is 0 Å². The van der Waals surface area contributed by atoms with Crippen LogP contribution < -0.4 is 38.9 Å². The van der Waals surface area contributed by atoms with Gasteiger partial charge in [0, 0.05) is 0 Å². The first-order chi connectivity index (χ1) is 15.9. The van der Waals surface area contributed by atoms with Crippen LogP contribution in [0.5, 0.6) is 0 Å². The van der Waals surface area contributed by atoms with Gasteiger partial charge in [-0.2, -0.15) is 0 Å². The van der Waals surface area contributed by atoms with Gasteiger partial charge in [-0.05, 0) is 64.7 Å². The van der Waals surface area contributed by atoms with E-state index in [1.54, 1.807) is 0 Å². The topological polar surface area (TPSA) is 210 Å². The van der Waals surface area contributed by atoms with Crippen molar-refractivity contribution in [2.24, 2.45) is 22.9 Å². The molecule has 0 aliphatic rings. The minimum Gasteiger partial charge on any atom is -0.448 e. The molecule has 0 radical (unpaired) electrons. The van der Waals surface area contributed by atoms with Crippen molar-refractivity contribution in [2.45, 2.75) is 69.9 Å². The zero-order chi connectivity index (χ0) is 24.7. The van der Waals surface area contributed by atoms with Crippen LogP contribution in [0.15, 0.2) is 0 Å². The fourth-order valence-corrected chi connectivity index (χ4v) is 3.08. The largest absolute Gasteiger partial charge is 0.448 e. The Labute approximate surface area is 197 Å². The second-order valence-corrected chi connectivity index (χ2v) is 7.93. The molecular formula is C21H45N7O5. The van der Waals surface area contributed by atoms with Gasteiger partial charge in [-0.15, -0.1) is 0 Å². The molecule has 0 aliphatic carbocycles. The monoisotopic (exact) mass is 475 g/mol. The fraction of sp³-hybridized carbons (Fsp3) is 0.857. The number of alkyl carbamates (subject to hydrolysis) is 1. The SMILES string of the molecule is NCCCCCNCC(=O)N[C@H](CCCCN)COC(=O)N[C@H](CCCCN)COC(N)=O. The minimum absolute atomic E-state index is 0.0187. The second kappa shape index (κ2) is 21.7. The van der Waals surface area contributed by atoms with Gasteiger partial charge in [0.1, 0.15) is 13.2 Å². The highest BCUT2D eigenvalue weighted by atomic mass is 16.6. The number of amides is 3. The summed E-state index contributed by atoms with van der Waals surface area (Å²) in [5.41, 5.74) is 21.5. The molecule has 0 rings (SSSR count). The smallest absolute Gasteiger partial charge is 0.407 e. The van der Waals surface area contributed by atoms with Crippen molar-refractivity contribution in [1.29, 1.82) is 0 Å². The van der Waals surface area contributed by atoms with Crippen molar-refractivity contribution >= 4 is 18.1 Å². The summed E-state index contributed by atoms with van der Waals surface area (Å²) in [6, 6.07) is -0.767. The van der Waals surface area contributed by atoms with E-state index in [2.05, 4.69) is 16.0 Å². The number of primary amides is 1. The highest BCUT2D eigenvalue weighted by Crippen LogP contribution is 2.04. The molecule has 194 valence electrons. The molecule has 0 aliphatic heterocycles. The lowest BCUT2D eigenvalue weighted by molar-refractivity contribution is -0.121. The lowest BCUT2D eigenvalue weighted by Gasteiger charge is -2.21. The maximum atomic E-state index is 12.3. The molecule has 0 bridgehead atoms. The Bertz CT molecular complexity index is 525. The minimum atomic E-state index is -0.912. The van der Waals surface area contributed by atoms with Crippen LogP contribution in [0.1, 0.15) is 57.8 Å². The standard InChI is InChI=1S/C21H45N7O5/c22-10-4-1-7-13-26-14-19(29)27-17(8-2-5-11-23)16-33-21(31)28-18(9-3-6-12-24)15-32-20(25)30/h17-18,26H,1-16,22-24H2,(H2,25,30)(H,27,29)(H,28,31)/t17-,18-/m1/s1. The Kier molecular flexibility index (Phi) is 20.3. The number of nitrogens with two attached hydrogens (primary N) is 4. The van der Waals surface area contributed by atoms with E-state index in [-0.39, 0.29) is 31.7 Å². The van der Waals surface area contributed by atoms with Crippen LogP contribution in [0.2, 0.25) is 0 Å². The molecule has 0 heterocycles.